The van der Waals surface area contributed by atoms with E-state index < -0.39 is 0 Å². The van der Waals surface area contributed by atoms with Gasteiger partial charge in [-0.3, -0.25) is 4.79 Å². The first-order valence-electron chi connectivity index (χ1n) is 7.28. The van der Waals surface area contributed by atoms with Gasteiger partial charge >= 0.3 is 0 Å². The standard InChI is InChI=1S/C17H21BrN2O/c1-12(2)19-11-5-8-17(21)20-16-10-9-15(18)13-6-3-4-7-14(13)16/h3-4,6-7,9-10,12,19H,5,8,11H2,1-2H3,(H,20,21). The summed E-state index contributed by atoms with van der Waals surface area (Å²) in [5, 5.41) is 8.49. The Morgan fingerprint density at radius 2 is 1.86 bits per heavy atom. The predicted molar refractivity (Wildman–Crippen MR) is 92.7 cm³/mol. The van der Waals surface area contributed by atoms with E-state index in [1.807, 2.05) is 36.4 Å². The predicted octanol–water partition coefficient (Wildman–Crippen LogP) is 4.32. The summed E-state index contributed by atoms with van der Waals surface area (Å²) in [5.74, 6) is 0.0630. The molecule has 0 aliphatic heterocycles. The molecule has 0 radical (unpaired) electrons. The summed E-state index contributed by atoms with van der Waals surface area (Å²) in [6.07, 6.45) is 1.38. The molecule has 3 nitrogen and oxygen atoms in total. The fraction of sp³-hybridized carbons (Fsp3) is 0.353. The lowest BCUT2D eigenvalue weighted by molar-refractivity contribution is -0.116. The van der Waals surface area contributed by atoms with Crippen LogP contribution in [0.5, 0.6) is 0 Å². The van der Waals surface area contributed by atoms with Gasteiger partial charge in [0.2, 0.25) is 5.91 Å². The van der Waals surface area contributed by atoms with Crippen LogP contribution in [0.1, 0.15) is 26.7 Å². The zero-order chi connectivity index (χ0) is 15.2. The Bertz CT molecular complexity index is 625. The maximum absolute atomic E-state index is 12.0. The molecule has 0 unspecified atom stereocenters. The minimum atomic E-state index is 0.0630. The fourth-order valence-electron chi connectivity index (χ4n) is 2.22. The lowest BCUT2D eigenvalue weighted by Gasteiger charge is -2.11. The number of benzene rings is 2. The van der Waals surface area contributed by atoms with Crippen molar-refractivity contribution in [1.29, 1.82) is 0 Å². The molecule has 21 heavy (non-hydrogen) atoms. The summed E-state index contributed by atoms with van der Waals surface area (Å²) in [6.45, 7) is 5.08. The molecule has 4 heteroatoms. The van der Waals surface area contributed by atoms with Crippen molar-refractivity contribution in [2.45, 2.75) is 32.7 Å². The van der Waals surface area contributed by atoms with Crippen LogP contribution in [0.3, 0.4) is 0 Å². The van der Waals surface area contributed by atoms with Crippen molar-refractivity contribution in [3.05, 3.63) is 40.9 Å². The largest absolute Gasteiger partial charge is 0.326 e. The summed E-state index contributed by atoms with van der Waals surface area (Å²) in [4.78, 5) is 12.0. The Labute approximate surface area is 134 Å². The van der Waals surface area contributed by atoms with Crippen LogP contribution in [-0.4, -0.2) is 18.5 Å². The third kappa shape index (κ3) is 4.55. The zero-order valence-corrected chi connectivity index (χ0v) is 14.0. The number of nitrogens with one attached hydrogen (secondary N) is 2. The third-order valence-corrected chi connectivity index (χ3v) is 3.97. The molecular weight excluding hydrogens is 328 g/mol. The SMILES string of the molecule is CC(C)NCCCC(=O)Nc1ccc(Br)c2ccccc12. The molecule has 0 saturated heterocycles. The Kier molecular flexibility index (Phi) is 5.76. The highest BCUT2D eigenvalue weighted by Gasteiger charge is 2.07. The molecule has 112 valence electrons. The molecule has 1 amide bonds. The van der Waals surface area contributed by atoms with E-state index >= 15 is 0 Å². The average Bonchev–Trinajstić information content (AvgIpc) is 2.47. The van der Waals surface area contributed by atoms with Crippen molar-refractivity contribution in [1.82, 2.24) is 5.32 Å². The van der Waals surface area contributed by atoms with Crippen LogP contribution in [0.2, 0.25) is 0 Å². The minimum absolute atomic E-state index is 0.0630. The van der Waals surface area contributed by atoms with Gasteiger partial charge in [0.05, 0.1) is 0 Å². The summed E-state index contributed by atoms with van der Waals surface area (Å²) < 4.78 is 1.04. The molecule has 0 aliphatic rings. The quantitative estimate of drug-likeness (QED) is 0.763. The van der Waals surface area contributed by atoms with Gasteiger partial charge in [-0.2, -0.15) is 0 Å². The number of carbonyl (C=O) groups excluding carboxylic acids is 1. The van der Waals surface area contributed by atoms with Crippen LogP contribution in [0.4, 0.5) is 5.69 Å². The Morgan fingerprint density at radius 1 is 1.14 bits per heavy atom. The first-order valence-corrected chi connectivity index (χ1v) is 8.07. The van der Waals surface area contributed by atoms with E-state index in [1.165, 1.54) is 0 Å². The van der Waals surface area contributed by atoms with Crippen molar-refractivity contribution in [3.8, 4) is 0 Å². The molecule has 0 fully saturated rings. The monoisotopic (exact) mass is 348 g/mol. The molecule has 0 atom stereocenters. The van der Waals surface area contributed by atoms with Gasteiger partial charge in [-0.05, 0) is 30.5 Å². The van der Waals surface area contributed by atoms with E-state index in [0.29, 0.717) is 12.5 Å². The molecule has 0 aliphatic carbocycles. The first-order chi connectivity index (χ1) is 10.1. The van der Waals surface area contributed by atoms with Crippen LogP contribution in [0, 0.1) is 0 Å². The molecule has 2 aromatic rings. The number of rotatable bonds is 6. The molecule has 0 saturated carbocycles. The van der Waals surface area contributed by atoms with E-state index in [4.69, 9.17) is 0 Å². The average molecular weight is 349 g/mol. The summed E-state index contributed by atoms with van der Waals surface area (Å²) >= 11 is 3.54. The van der Waals surface area contributed by atoms with Gasteiger partial charge in [0.25, 0.3) is 0 Å². The Balaban J connectivity index is 2.00. The zero-order valence-electron chi connectivity index (χ0n) is 12.4. The fourth-order valence-corrected chi connectivity index (χ4v) is 2.70. The molecule has 0 heterocycles. The number of fused-ring (bicyclic) bond motifs is 1. The molecule has 0 aromatic heterocycles. The van der Waals surface area contributed by atoms with Crippen LogP contribution < -0.4 is 10.6 Å². The van der Waals surface area contributed by atoms with Crippen molar-refractivity contribution >= 4 is 38.3 Å². The molecule has 2 N–H and O–H groups in total. The summed E-state index contributed by atoms with van der Waals surface area (Å²) in [6, 6.07) is 12.4. The number of carbonyl (C=O) groups is 1. The number of amides is 1. The van der Waals surface area contributed by atoms with Gasteiger partial charge in [-0.1, -0.05) is 54.0 Å². The second-order valence-electron chi connectivity index (χ2n) is 5.40. The topological polar surface area (TPSA) is 41.1 Å². The molecule has 2 rings (SSSR count). The molecule has 0 bridgehead atoms. The van der Waals surface area contributed by atoms with E-state index in [0.717, 1.165) is 33.9 Å². The Morgan fingerprint density at radius 3 is 2.57 bits per heavy atom. The van der Waals surface area contributed by atoms with E-state index in [9.17, 15) is 4.79 Å². The maximum atomic E-state index is 12.0. The number of hydrogen-bond donors (Lipinski definition) is 2. The minimum Gasteiger partial charge on any atom is -0.326 e. The molecule has 2 aromatic carbocycles. The van der Waals surface area contributed by atoms with E-state index in [-0.39, 0.29) is 5.91 Å². The van der Waals surface area contributed by atoms with Crippen molar-refractivity contribution in [2.24, 2.45) is 0 Å². The van der Waals surface area contributed by atoms with Gasteiger partial charge in [0.15, 0.2) is 0 Å². The van der Waals surface area contributed by atoms with Crippen LogP contribution in [0.25, 0.3) is 10.8 Å². The van der Waals surface area contributed by atoms with Crippen molar-refractivity contribution in [2.75, 3.05) is 11.9 Å². The highest BCUT2D eigenvalue weighted by Crippen LogP contribution is 2.29. The number of anilines is 1. The second kappa shape index (κ2) is 7.57. The Hall–Kier alpha value is -1.39. The van der Waals surface area contributed by atoms with Crippen LogP contribution in [-0.2, 0) is 4.79 Å². The van der Waals surface area contributed by atoms with Gasteiger partial charge in [0, 0.05) is 28.0 Å². The highest BCUT2D eigenvalue weighted by molar-refractivity contribution is 9.10. The highest BCUT2D eigenvalue weighted by atomic mass is 79.9. The summed E-state index contributed by atoms with van der Waals surface area (Å²) in [5.41, 5.74) is 0.871. The van der Waals surface area contributed by atoms with Crippen LogP contribution in [0.15, 0.2) is 40.9 Å². The van der Waals surface area contributed by atoms with Crippen molar-refractivity contribution in [3.63, 3.8) is 0 Å². The lowest BCUT2D eigenvalue weighted by atomic mass is 10.1. The molecule has 0 spiro atoms. The number of hydrogen-bond acceptors (Lipinski definition) is 2. The van der Waals surface area contributed by atoms with Gasteiger partial charge < -0.3 is 10.6 Å². The summed E-state index contributed by atoms with van der Waals surface area (Å²) in [7, 11) is 0. The lowest BCUT2D eigenvalue weighted by Crippen LogP contribution is -2.24. The van der Waals surface area contributed by atoms with Crippen molar-refractivity contribution < 1.29 is 4.79 Å². The smallest absolute Gasteiger partial charge is 0.224 e. The maximum Gasteiger partial charge on any atom is 0.224 e. The third-order valence-electron chi connectivity index (χ3n) is 3.28. The van der Waals surface area contributed by atoms with Gasteiger partial charge in [-0.15, -0.1) is 0 Å². The van der Waals surface area contributed by atoms with Crippen LogP contribution >= 0.6 is 15.9 Å². The van der Waals surface area contributed by atoms with E-state index in [2.05, 4.69) is 40.4 Å². The number of halogens is 1. The normalized spacial score (nSPS) is 11.0. The van der Waals surface area contributed by atoms with Gasteiger partial charge in [-0.25, -0.2) is 0 Å². The van der Waals surface area contributed by atoms with E-state index in [1.54, 1.807) is 0 Å². The van der Waals surface area contributed by atoms with Gasteiger partial charge in [0.1, 0.15) is 0 Å². The first kappa shape index (κ1) is 16.0. The second-order valence-corrected chi connectivity index (χ2v) is 6.26. The molecular formula is C17H21BrN2O.